The van der Waals surface area contributed by atoms with Crippen LogP contribution in [0.2, 0.25) is 0 Å². The van der Waals surface area contributed by atoms with Crippen molar-refractivity contribution in [2.45, 2.75) is 52.4 Å². The van der Waals surface area contributed by atoms with E-state index in [-0.39, 0.29) is 11.2 Å². The van der Waals surface area contributed by atoms with Crippen molar-refractivity contribution in [1.82, 2.24) is 10.0 Å². The van der Waals surface area contributed by atoms with Gasteiger partial charge in [-0.2, -0.15) is 0 Å². The molecule has 2 N–H and O–H groups in total. The molecule has 1 rings (SSSR count). The van der Waals surface area contributed by atoms with Crippen LogP contribution in [-0.4, -0.2) is 33.8 Å². The van der Waals surface area contributed by atoms with E-state index in [2.05, 4.69) is 23.9 Å². The van der Waals surface area contributed by atoms with Gasteiger partial charge in [0.25, 0.3) is 0 Å². The maximum absolute atomic E-state index is 11.8. The predicted octanol–water partition coefficient (Wildman–Crippen LogP) is 1.88. The Hall–Kier alpha value is -0.130. The van der Waals surface area contributed by atoms with E-state index in [0.29, 0.717) is 6.54 Å². The predicted molar refractivity (Wildman–Crippen MR) is 76.1 cm³/mol. The quantitative estimate of drug-likeness (QED) is 0.599. The van der Waals surface area contributed by atoms with Crippen LogP contribution >= 0.6 is 0 Å². The fourth-order valence-electron chi connectivity index (χ4n) is 2.16. The van der Waals surface area contributed by atoms with Crippen molar-refractivity contribution < 1.29 is 8.42 Å². The maximum Gasteiger partial charge on any atom is 0.211 e. The van der Waals surface area contributed by atoms with Gasteiger partial charge in [-0.15, -0.1) is 0 Å². The average molecular weight is 276 g/mol. The van der Waals surface area contributed by atoms with E-state index in [1.165, 1.54) is 6.42 Å². The van der Waals surface area contributed by atoms with Crippen LogP contribution in [0.5, 0.6) is 0 Å². The Morgan fingerprint density at radius 3 is 2.44 bits per heavy atom. The number of sulfonamides is 1. The van der Waals surface area contributed by atoms with Crippen molar-refractivity contribution in [1.29, 1.82) is 0 Å². The third-order valence-electron chi connectivity index (χ3n) is 3.72. The van der Waals surface area contributed by atoms with Gasteiger partial charge in [0.05, 0.1) is 5.75 Å². The van der Waals surface area contributed by atoms with Crippen molar-refractivity contribution in [2.24, 2.45) is 5.41 Å². The highest BCUT2D eigenvalue weighted by Crippen LogP contribution is 2.39. The molecule has 1 fully saturated rings. The summed E-state index contributed by atoms with van der Waals surface area (Å²) in [6.45, 7) is 6.84. The molecule has 108 valence electrons. The number of nitrogens with one attached hydrogen (secondary N) is 2. The molecule has 0 unspecified atom stereocenters. The van der Waals surface area contributed by atoms with Gasteiger partial charge in [0.1, 0.15) is 0 Å². The van der Waals surface area contributed by atoms with Gasteiger partial charge >= 0.3 is 0 Å². The second-order valence-electron chi connectivity index (χ2n) is 5.76. The minimum Gasteiger partial charge on any atom is -0.317 e. The first-order chi connectivity index (χ1) is 8.47. The van der Waals surface area contributed by atoms with E-state index in [1.807, 2.05) is 0 Å². The SMILES string of the molecule is CCCNCCCCS(=O)(=O)NCC1(C)CCC1. The van der Waals surface area contributed by atoms with E-state index in [0.717, 1.165) is 45.2 Å². The number of hydrogen-bond acceptors (Lipinski definition) is 3. The fraction of sp³-hybridized carbons (Fsp3) is 1.00. The molecule has 0 bridgehead atoms. The second kappa shape index (κ2) is 7.46. The lowest BCUT2D eigenvalue weighted by Crippen LogP contribution is -2.40. The summed E-state index contributed by atoms with van der Waals surface area (Å²) in [5.74, 6) is 0.261. The molecule has 0 heterocycles. The zero-order valence-corrected chi connectivity index (χ0v) is 12.6. The normalized spacial score (nSPS) is 18.6. The first-order valence-electron chi connectivity index (χ1n) is 7.15. The van der Waals surface area contributed by atoms with E-state index in [9.17, 15) is 8.42 Å². The Morgan fingerprint density at radius 2 is 1.89 bits per heavy atom. The molecule has 0 amide bonds. The molecule has 4 nitrogen and oxygen atoms in total. The highest BCUT2D eigenvalue weighted by molar-refractivity contribution is 7.89. The summed E-state index contributed by atoms with van der Waals surface area (Å²) in [6, 6.07) is 0. The molecule has 1 saturated carbocycles. The number of unbranched alkanes of at least 4 members (excludes halogenated alkanes) is 1. The van der Waals surface area contributed by atoms with E-state index in [1.54, 1.807) is 0 Å². The molecule has 0 spiro atoms. The third-order valence-corrected chi connectivity index (χ3v) is 5.13. The molecule has 0 atom stereocenters. The number of rotatable bonds is 10. The van der Waals surface area contributed by atoms with Gasteiger partial charge in [-0.1, -0.05) is 20.3 Å². The standard InChI is InChI=1S/C13H28N2O2S/c1-3-9-14-10-4-5-11-18(16,17)15-12-13(2)7-6-8-13/h14-15H,3-12H2,1-2H3. The van der Waals surface area contributed by atoms with Crippen molar-refractivity contribution in [2.75, 3.05) is 25.4 Å². The lowest BCUT2D eigenvalue weighted by atomic mass is 9.71. The highest BCUT2D eigenvalue weighted by atomic mass is 32.2. The summed E-state index contributed by atoms with van der Waals surface area (Å²) in [5.41, 5.74) is 0.218. The molecule has 18 heavy (non-hydrogen) atoms. The van der Waals surface area contributed by atoms with Crippen LogP contribution in [-0.2, 0) is 10.0 Å². The lowest BCUT2D eigenvalue weighted by molar-refractivity contribution is 0.166. The Bertz CT molecular complexity index is 324. The van der Waals surface area contributed by atoms with Crippen molar-refractivity contribution >= 4 is 10.0 Å². The van der Waals surface area contributed by atoms with Crippen LogP contribution in [0.15, 0.2) is 0 Å². The van der Waals surface area contributed by atoms with Crippen LogP contribution < -0.4 is 10.0 Å². The molecule has 1 aliphatic carbocycles. The first-order valence-corrected chi connectivity index (χ1v) is 8.81. The van der Waals surface area contributed by atoms with Gasteiger partial charge in [-0.25, -0.2) is 13.1 Å². The van der Waals surface area contributed by atoms with Crippen molar-refractivity contribution in [3.05, 3.63) is 0 Å². The molecule has 1 aliphatic rings. The minimum atomic E-state index is -3.06. The van der Waals surface area contributed by atoms with Crippen LogP contribution in [0.4, 0.5) is 0 Å². The van der Waals surface area contributed by atoms with E-state index < -0.39 is 10.0 Å². The van der Waals surface area contributed by atoms with Crippen molar-refractivity contribution in [3.63, 3.8) is 0 Å². The average Bonchev–Trinajstić information content (AvgIpc) is 2.29. The zero-order chi connectivity index (χ0) is 13.5. The summed E-state index contributed by atoms with van der Waals surface area (Å²) in [7, 11) is -3.06. The molecule has 0 aliphatic heterocycles. The maximum atomic E-state index is 11.8. The Morgan fingerprint density at radius 1 is 1.17 bits per heavy atom. The van der Waals surface area contributed by atoms with Gasteiger partial charge in [0.2, 0.25) is 10.0 Å². The van der Waals surface area contributed by atoms with Gasteiger partial charge in [0.15, 0.2) is 0 Å². The molecule has 5 heteroatoms. The molecule has 0 saturated heterocycles. The van der Waals surface area contributed by atoms with Crippen LogP contribution in [0.1, 0.15) is 52.4 Å². The van der Waals surface area contributed by atoms with Crippen LogP contribution in [0, 0.1) is 5.41 Å². The molecular weight excluding hydrogens is 248 g/mol. The molecular formula is C13H28N2O2S. The van der Waals surface area contributed by atoms with Gasteiger partial charge in [0, 0.05) is 6.54 Å². The molecule has 0 aromatic heterocycles. The summed E-state index contributed by atoms with van der Waals surface area (Å²) in [5, 5.41) is 3.28. The van der Waals surface area contributed by atoms with Gasteiger partial charge in [-0.05, 0) is 50.6 Å². The Labute approximate surface area is 112 Å². The second-order valence-corrected chi connectivity index (χ2v) is 7.69. The van der Waals surface area contributed by atoms with Gasteiger partial charge in [-0.3, -0.25) is 0 Å². The summed E-state index contributed by atoms with van der Waals surface area (Å²) < 4.78 is 26.3. The molecule has 0 aromatic rings. The lowest BCUT2D eigenvalue weighted by Gasteiger charge is -2.38. The summed E-state index contributed by atoms with van der Waals surface area (Å²) in [6.07, 6.45) is 6.33. The zero-order valence-electron chi connectivity index (χ0n) is 11.8. The van der Waals surface area contributed by atoms with Crippen LogP contribution in [0.3, 0.4) is 0 Å². The topological polar surface area (TPSA) is 58.2 Å². The highest BCUT2D eigenvalue weighted by Gasteiger charge is 2.32. The first kappa shape index (κ1) is 15.9. The van der Waals surface area contributed by atoms with E-state index in [4.69, 9.17) is 0 Å². The molecule has 0 aromatic carbocycles. The van der Waals surface area contributed by atoms with E-state index >= 15 is 0 Å². The van der Waals surface area contributed by atoms with Crippen LogP contribution in [0.25, 0.3) is 0 Å². The Balaban J connectivity index is 2.08. The summed E-state index contributed by atoms with van der Waals surface area (Å²) in [4.78, 5) is 0. The van der Waals surface area contributed by atoms with Gasteiger partial charge < -0.3 is 5.32 Å². The molecule has 0 radical (unpaired) electrons. The smallest absolute Gasteiger partial charge is 0.211 e. The third kappa shape index (κ3) is 6.16. The summed E-state index contributed by atoms with van der Waals surface area (Å²) >= 11 is 0. The largest absolute Gasteiger partial charge is 0.317 e. The monoisotopic (exact) mass is 276 g/mol. The minimum absolute atomic E-state index is 0.218. The Kier molecular flexibility index (Phi) is 6.60. The van der Waals surface area contributed by atoms with Crippen molar-refractivity contribution in [3.8, 4) is 0 Å². The number of hydrogen-bond donors (Lipinski definition) is 2. The fourth-order valence-corrected chi connectivity index (χ4v) is 3.45.